The zero-order chi connectivity index (χ0) is 12.1. The second-order valence-corrected chi connectivity index (χ2v) is 3.50. The van der Waals surface area contributed by atoms with Crippen LogP contribution in [0.25, 0.3) is 0 Å². The maximum Gasteiger partial charge on any atom is 0.167 e. The van der Waals surface area contributed by atoms with E-state index in [1.165, 1.54) is 13.2 Å². The van der Waals surface area contributed by atoms with Crippen molar-refractivity contribution in [2.75, 3.05) is 13.7 Å². The number of phenolic OH excluding ortho intramolecular Hbond substituents is 1. The van der Waals surface area contributed by atoms with Crippen molar-refractivity contribution in [3.63, 3.8) is 0 Å². The summed E-state index contributed by atoms with van der Waals surface area (Å²) in [7, 11) is 1.54. The van der Waals surface area contributed by atoms with Gasteiger partial charge in [-0.3, -0.25) is 4.79 Å². The van der Waals surface area contributed by atoms with Crippen LogP contribution in [0.4, 0.5) is 0 Å². The van der Waals surface area contributed by atoms with Gasteiger partial charge in [0.05, 0.1) is 12.7 Å². The average molecular weight is 223 g/mol. The van der Waals surface area contributed by atoms with Crippen molar-refractivity contribution in [1.82, 2.24) is 0 Å². The summed E-state index contributed by atoms with van der Waals surface area (Å²) in [6.07, 6.45) is 0.982. The number of carbonyl (C=O) groups excluding carboxylic acids is 1. The van der Waals surface area contributed by atoms with Gasteiger partial charge < -0.3 is 15.6 Å². The largest absolute Gasteiger partial charge is 0.507 e. The van der Waals surface area contributed by atoms with E-state index in [4.69, 9.17) is 10.5 Å². The standard InChI is InChI=1S/C12H17NO3/c1-3-8-6-9(10(14)4-5-13)11(15)7-12(8)16-2/h6-7,15H,3-5,13H2,1-2H3. The third-order valence-electron chi connectivity index (χ3n) is 2.45. The highest BCUT2D eigenvalue weighted by Crippen LogP contribution is 2.29. The van der Waals surface area contributed by atoms with Gasteiger partial charge in [0.1, 0.15) is 11.5 Å². The molecule has 1 aromatic rings. The second kappa shape index (κ2) is 5.51. The number of Topliss-reactive ketones (excluding diaryl/α,β-unsaturated/α-hetero) is 1. The highest BCUT2D eigenvalue weighted by molar-refractivity contribution is 5.99. The number of aryl methyl sites for hydroxylation is 1. The Bertz CT molecular complexity index is 388. The lowest BCUT2D eigenvalue weighted by Crippen LogP contribution is -2.09. The monoisotopic (exact) mass is 223 g/mol. The zero-order valence-corrected chi connectivity index (χ0v) is 9.62. The molecule has 0 fully saturated rings. The van der Waals surface area contributed by atoms with Gasteiger partial charge in [-0.2, -0.15) is 0 Å². The van der Waals surface area contributed by atoms with Crippen LogP contribution in [-0.4, -0.2) is 24.5 Å². The summed E-state index contributed by atoms with van der Waals surface area (Å²) in [5, 5.41) is 9.70. The Balaban J connectivity index is 3.15. The summed E-state index contributed by atoms with van der Waals surface area (Å²) >= 11 is 0. The highest BCUT2D eigenvalue weighted by Gasteiger charge is 2.14. The van der Waals surface area contributed by atoms with Crippen LogP contribution in [0.15, 0.2) is 12.1 Å². The van der Waals surface area contributed by atoms with Crippen LogP contribution in [-0.2, 0) is 6.42 Å². The first kappa shape index (κ1) is 12.5. The van der Waals surface area contributed by atoms with E-state index < -0.39 is 0 Å². The van der Waals surface area contributed by atoms with E-state index in [2.05, 4.69) is 0 Å². The molecule has 0 heterocycles. The Kier molecular flexibility index (Phi) is 4.31. The van der Waals surface area contributed by atoms with Gasteiger partial charge in [0.15, 0.2) is 5.78 Å². The summed E-state index contributed by atoms with van der Waals surface area (Å²) in [6, 6.07) is 3.15. The van der Waals surface area contributed by atoms with Crippen LogP contribution in [0, 0.1) is 0 Å². The molecule has 0 aliphatic carbocycles. The minimum absolute atomic E-state index is 0.0486. The van der Waals surface area contributed by atoms with Gasteiger partial charge in [0.2, 0.25) is 0 Å². The smallest absolute Gasteiger partial charge is 0.167 e. The van der Waals surface area contributed by atoms with Crippen LogP contribution < -0.4 is 10.5 Å². The number of nitrogens with two attached hydrogens (primary N) is 1. The average Bonchev–Trinajstić information content (AvgIpc) is 2.28. The zero-order valence-electron chi connectivity index (χ0n) is 9.62. The predicted octanol–water partition coefficient (Wildman–Crippen LogP) is 1.49. The molecule has 0 saturated heterocycles. The normalized spacial score (nSPS) is 10.2. The van der Waals surface area contributed by atoms with Crippen LogP contribution in [0.2, 0.25) is 0 Å². The SMILES string of the molecule is CCc1cc(C(=O)CCN)c(O)cc1OC. The lowest BCUT2D eigenvalue weighted by molar-refractivity contribution is 0.0982. The number of carbonyl (C=O) groups is 1. The van der Waals surface area contributed by atoms with E-state index in [1.807, 2.05) is 6.92 Å². The second-order valence-electron chi connectivity index (χ2n) is 3.50. The molecule has 1 rings (SSSR count). The molecule has 0 aliphatic rings. The fourth-order valence-electron chi connectivity index (χ4n) is 1.57. The third kappa shape index (κ3) is 2.52. The molecule has 0 amide bonds. The summed E-state index contributed by atoms with van der Waals surface area (Å²) in [4.78, 5) is 11.7. The first-order chi connectivity index (χ1) is 7.63. The molecule has 0 saturated carbocycles. The van der Waals surface area contributed by atoms with E-state index in [0.717, 1.165) is 12.0 Å². The number of methoxy groups -OCH3 is 1. The quantitative estimate of drug-likeness (QED) is 0.742. The van der Waals surface area contributed by atoms with Crippen molar-refractivity contribution in [3.05, 3.63) is 23.3 Å². The molecule has 88 valence electrons. The van der Waals surface area contributed by atoms with Crippen LogP contribution >= 0.6 is 0 Å². The molecule has 0 unspecified atom stereocenters. The summed E-state index contributed by atoms with van der Waals surface area (Å²) in [6.45, 7) is 2.25. The van der Waals surface area contributed by atoms with E-state index in [0.29, 0.717) is 11.3 Å². The maximum absolute atomic E-state index is 11.7. The fourth-order valence-corrected chi connectivity index (χ4v) is 1.57. The summed E-state index contributed by atoms with van der Waals surface area (Å²) < 4.78 is 5.12. The molecule has 4 heteroatoms. The molecule has 0 radical (unpaired) electrons. The van der Waals surface area contributed by atoms with Gasteiger partial charge in [-0.15, -0.1) is 0 Å². The van der Waals surface area contributed by atoms with E-state index in [1.54, 1.807) is 6.07 Å². The Morgan fingerprint density at radius 2 is 2.19 bits per heavy atom. The summed E-state index contributed by atoms with van der Waals surface area (Å²) in [5.74, 6) is 0.411. The number of rotatable bonds is 5. The van der Waals surface area contributed by atoms with Crippen molar-refractivity contribution in [2.45, 2.75) is 19.8 Å². The number of hydrogen-bond donors (Lipinski definition) is 2. The van der Waals surface area contributed by atoms with Crippen molar-refractivity contribution in [1.29, 1.82) is 0 Å². The Morgan fingerprint density at radius 1 is 1.50 bits per heavy atom. The molecule has 0 bridgehead atoms. The molecular formula is C12H17NO3. The minimum Gasteiger partial charge on any atom is -0.507 e. The molecule has 0 aliphatic heterocycles. The molecule has 4 nitrogen and oxygen atoms in total. The lowest BCUT2D eigenvalue weighted by Gasteiger charge is -2.10. The van der Waals surface area contributed by atoms with Crippen molar-refractivity contribution in [3.8, 4) is 11.5 Å². The van der Waals surface area contributed by atoms with E-state index in [9.17, 15) is 9.90 Å². The number of ketones is 1. The van der Waals surface area contributed by atoms with Gasteiger partial charge in [-0.25, -0.2) is 0 Å². The van der Waals surface area contributed by atoms with E-state index >= 15 is 0 Å². The molecule has 16 heavy (non-hydrogen) atoms. The van der Waals surface area contributed by atoms with Gasteiger partial charge in [-0.1, -0.05) is 6.92 Å². The number of benzene rings is 1. The van der Waals surface area contributed by atoms with Gasteiger partial charge in [0.25, 0.3) is 0 Å². The first-order valence-corrected chi connectivity index (χ1v) is 5.27. The fraction of sp³-hybridized carbons (Fsp3) is 0.417. The van der Waals surface area contributed by atoms with Crippen molar-refractivity contribution >= 4 is 5.78 Å². The van der Waals surface area contributed by atoms with E-state index in [-0.39, 0.29) is 24.5 Å². The van der Waals surface area contributed by atoms with Crippen LogP contribution in [0.5, 0.6) is 11.5 Å². The number of hydrogen-bond acceptors (Lipinski definition) is 4. The molecule has 3 N–H and O–H groups in total. The van der Waals surface area contributed by atoms with Gasteiger partial charge in [0, 0.05) is 12.5 Å². The predicted molar refractivity (Wildman–Crippen MR) is 62.0 cm³/mol. The Morgan fingerprint density at radius 3 is 2.69 bits per heavy atom. The number of ether oxygens (including phenoxy) is 1. The molecule has 0 aromatic heterocycles. The van der Waals surface area contributed by atoms with Gasteiger partial charge >= 0.3 is 0 Å². The van der Waals surface area contributed by atoms with Crippen LogP contribution in [0.3, 0.4) is 0 Å². The first-order valence-electron chi connectivity index (χ1n) is 5.27. The van der Waals surface area contributed by atoms with Crippen LogP contribution in [0.1, 0.15) is 29.3 Å². The Hall–Kier alpha value is -1.55. The molecular weight excluding hydrogens is 206 g/mol. The summed E-state index contributed by atoms with van der Waals surface area (Å²) in [5.41, 5.74) is 6.54. The van der Waals surface area contributed by atoms with Crippen molar-refractivity contribution in [2.24, 2.45) is 5.73 Å². The molecule has 0 spiro atoms. The highest BCUT2D eigenvalue weighted by atomic mass is 16.5. The van der Waals surface area contributed by atoms with Gasteiger partial charge in [-0.05, 0) is 24.6 Å². The molecule has 1 aromatic carbocycles. The Labute approximate surface area is 95.0 Å². The number of aromatic hydroxyl groups is 1. The molecule has 0 atom stereocenters. The maximum atomic E-state index is 11.7. The topological polar surface area (TPSA) is 72.6 Å². The third-order valence-corrected chi connectivity index (χ3v) is 2.45. The minimum atomic E-state index is -0.141. The van der Waals surface area contributed by atoms with Crippen molar-refractivity contribution < 1.29 is 14.6 Å². The lowest BCUT2D eigenvalue weighted by atomic mass is 10.0. The number of phenols is 1.